The van der Waals surface area contributed by atoms with Gasteiger partial charge in [-0.2, -0.15) is 0 Å². The number of pyridine rings is 1. The Bertz CT molecular complexity index is 1130. The fraction of sp³-hybridized carbons (Fsp3) is 0.545. The maximum atomic E-state index is 12.2. The van der Waals surface area contributed by atoms with Crippen LogP contribution in [0.4, 0.5) is 5.82 Å². The normalized spacial score (nSPS) is 17.7. The summed E-state index contributed by atoms with van der Waals surface area (Å²) in [5.74, 6) is 0.907. The van der Waals surface area contributed by atoms with Gasteiger partial charge in [0.05, 0.1) is 30.0 Å². The average Bonchev–Trinajstić information content (AvgIpc) is 3.19. The van der Waals surface area contributed by atoms with E-state index in [0.29, 0.717) is 6.61 Å². The van der Waals surface area contributed by atoms with Crippen molar-refractivity contribution in [3.63, 3.8) is 0 Å². The number of hydrogen-bond acceptors (Lipinski definition) is 9. The topological polar surface area (TPSA) is 77.4 Å². The lowest BCUT2D eigenvalue weighted by Crippen LogP contribution is -2.37. The number of aromatic nitrogens is 3. The molecule has 1 unspecified atom stereocenters. The minimum Gasteiger partial charge on any atom is -0.465 e. The van der Waals surface area contributed by atoms with E-state index in [4.69, 9.17) is 14.5 Å². The van der Waals surface area contributed by atoms with E-state index in [9.17, 15) is 4.79 Å². The molecule has 9 heteroatoms. The van der Waals surface area contributed by atoms with E-state index in [1.165, 1.54) is 41.1 Å². The van der Waals surface area contributed by atoms with Crippen molar-refractivity contribution < 1.29 is 14.3 Å². The number of nitrogens with zero attached hydrogens (tertiary/aromatic N) is 4. The van der Waals surface area contributed by atoms with Crippen LogP contribution in [0, 0.1) is 0 Å². The van der Waals surface area contributed by atoms with Gasteiger partial charge in [-0.25, -0.2) is 15.0 Å². The first kappa shape index (κ1) is 20.9. The summed E-state index contributed by atoms with van der Waals surface area (Å²) in [5.41, 5.74) is 3.75. The zero-order chi connectivity index (χ0) is 21.4. The van der Waals surface area contributed by atoms with Gasteiger partial charge in [-0.05, 0) is 50.7 Å². The van der Waals surface area contributed by atoms with Crippen LogP contribution in [0.15, 0.2) is 11.4 Å². The van der Waals surface area contributed by atoms with Crippen LogP contribution < -0.4 is 4.90 Å². The summed E-state index contributed by atoms with van der Waals surface area (Å²) in [6.07, 6.45) is 6.13. The number of esters is 1. The van der Waals surface area contributed by atoms with E-state index in [2.05, 4.69) is 14.9 Å². The van der Waals surface area contributed by atoms with E-state index in [1.54, 1.807) is 17.7 Å². The molecule has 1 saturated heterocycles. The third-order valence-corrected chi connectivity index (χ3v) is 8.17. The summed E-state index contributed by atoms with van der Waals surface area (Å²) in [7, 11) is 0. The number of fused-ring (bicyclic) bond motifs is 5. The number of aryl methyl sites for hydroxylation is 1. The van der Waals surface area contributed by atoms with E-state index < -0.39 is 0 Å². The predicted molar refractivity (Wildman–Crippen MR) is 124 cm³/mol. The number of thiophene rings is 1. The largest absolute Gasteiger partial charge is 0.465 e. The quantitative estimate of drug-likeness (QED) is 0.323. The average molecular weight is 459 g/mol. The van der Waals surface area contributed by atoms with Crippen LogP contribution in [0.1, 0.15) is 37.8 Å². The highest BCUT2D eigenvalue weighted by atomic mass is 32.2. The monoisotopic (exact) mass is 458 g/mol. The Morgan fingerprint density at radius 1 is 1.26 bits per heavy atom. The fourth-order valence-corrected chi connectivity index (χ4v) is 6.53. The molecule has 164 valence electrons. The Morgan fingerprint density at radius 2 is 2.03 bits per heavy atom. The molecule has 0 spiro atoms. The Labute approximate surface area is 189 Å². The van der Waals surface area contributed by atoms with Gasteiger partial charge in [0, 0.05) is 18.5 Å². The molecular weight excluding hydrogens is 432 g/mol. The molecule has 3 aromatic heterocycles. The number of morpholine rings is 1. The molecule has 0 aromatic carbocycles. The molecule has 0 radical (unpaired) electrons. The summed E-state index contributed by atoms with van der Waals surface area (Å²) in [6.45, 7) is 7.33. The first-order valence-corrected chi connectivity index (χ1v) is 12.6. The Morgan fingerprint density at radius 3 is 2.81 bits per heavy atom. The Hall–Kier alpha value is -1.97. The van der Waals surface area contributed by atoms with Crippen LogP contribution in [0.25, 0.3) is 20.4 Å². The van der Waals surface area contributed by atoms with Crippen molar-refractivity contribution in [1.82, 2.24) is 15.0 Å². The van der Waals surface area contributed by atoms with Crippen molar-refractivity contribution >= 4 is 55.3 Å². The third kappa shape index (κ3) is 3.87. The minimum atomic E-state index is -0.325. The minimum absolute atomic E-state index is 0.217. The number of thioether (sulfide) groups is 1. The number of anilines is 1. The molecule has 0 saturated carbocycles. The summed E-state index contributed by atoms with van der Waals surface area (Å²) in [6, 6.07) is 0. The fourth-order valence-electron chi connectivity index (χ4n) is 4.41. The highest BCUT2D eigenvalue weighted by molar-refractivity contribution is 8.00. The van der Waals surface area contributed by atoms with Crippen molar-refractivity contribution in [3.05, 3.63) is 17.5 Å². The molecule has 0 bridgehead atoms. The van der Waals surface area contributed by atoms with E-state index in [0.717, 1.165) is 65.0 Å². The number of hydrogen-bond donors (Lipinski definition) is 0. The Kier molecular flexibility index (Phi) is 5.99. The molecule has 1 aliphatic heterocycles. The first-order valence-electron chi connectivity index (χ1n) is 10.9. The van der Waals surface area contributed by atoms with Crippen LogP contribution in [0.3, 0.4) is 0 Å². The Balaban J connectivity index is 1.63. The van der Waals surface area contributed by atoms with Gasteiger partial charge in [-0.15, -0.1) is 11.3 Å². The molecule has 31 heavy (non-hydrogen) atoms. The summed E-state index contributed by atoms with van der Waals surface area (Å²) in [4.78, 5) is 29.9. The molecule has 0 N–H and O–H groups in total. The second kappa shape index (κ2) is 8.88. The molecule has 7 nitrogen and oxygen atoms in total. The summed E-state index contributed by atoms with van der Waals surface area (Å²) in [5, 5.41) is 1.68. The van der Waals surface area contributed by atoms with Gasteiger partial charge in [0.1, 0.15) is 27.3 Å². The molecule has 1 aliphatic carbocycles. The van der Waals surface area contributed by atoms with Crippen LogP contribution in [0.2, 0.25) is 0 Å². The lowest BCUT2D eigenvalue weighted by atomic mass is 9.90. The first-order chi connectivity index (χ1) is 15.2. The maximum absolute atomic E-state index is 12.2. The van der Waals surface area contributed by atoms with Crippen molar-refractivity contribution in [3.8, 4) is 0 Å². The second-order valence-corrected chi connectivity index (χ2v) is 10.2. The molecular formula is C22H26N4O3S2. The zero-order valence-corrected chi connectivity index (χ0v) is 19.5. The standard InChI is InChI=1S/C22H26N4O3S2/c1-3-29-22(27)13(2)30-21-18-17(23-12-24-21)16-14-6-4-5-7-15(14)19(25-20(16)31-18)26-8-10-28-11-9-26/h12-13H,3-11H2,1-2H3. The number of ether oxygens (including phenoxy) is 2. The SMILES string of the molecule is CCOC(=O)C(C)Sc1ncnc2c1sc1nc(N3CCOCC3)c3c(c12)CCCC3. The van der Waals surface area contributed by atoms with Crippen LogP contribution in [-0.2, 0) is 27.1 Å². The van der Waals surface area contributed by atoms with Gasteiger partial charge in [-0.3, -0.25) is 4.79 Å². The smallest absolute Gasteiger partial charge is 0.319 e. The summed E-state index contributed by atoms with van der Waals surface area (Å²) < 4.78 is 11.8. The maximum Gasteiger partial charge on any atom is 0.319 e. The van der Waals surface area contributed by atoms with Crippen molar-refractivity contribution in [2.45, 2.75) is 49.8 Å². The van der Waals surface area contributed by atoms with E-state index >= 15 is 0 Å². The van der Waals surface area contributed by atoms with Crippen LogP contribution in [-0.4, -0.2) is 59.1 Å². The van der Waals surface area contributed by atoms with Gasteiger partial charge < -0.3 is 14.4 Å². The summed E-state index contributed by atoms with van der Waals surface area (Å²) >= 11 is 3.08. The molecule has 0 amide bonds. The number of rotatable bonds is 5. The molecule has 2 aliphatic rings. The lowest BCUT2D eigenvalue weighted by Gasteiger charge is -2.31. The lowest BCUT2D eigenvalue weighted by molar-refractivity contribution is -0.142. The van der Waals surface area contributed by atoms with Gasteiger partial charge in [0.15, 0.2) is 0 Å². The van der Waals surface area contributed by atoms with Gasteiger partial charge in [0.25, 0.3) is 0 Å². The van der Waals surface area contributed by atoms with Crippen molar-refractivity contribution in [2.24, 2.45) is 0 Å². The molecule has 4 heterocycles. The van der Waals surface area contributed by atoms with Crippen LogP contribution >= 0.6 is 23.1 Å². The van der Waals surface area contributed by atoms with Gasteiger partial charge in [0.2, 0.25) is 0 Å². The number of carbonyl (C=O) groups excluding carboxylic acids is 1. The molecule has 5 rings (SSSR count). The van der Waals surface area contributed by atoms with Gasteiger partial charge in [-0.1, -0.05) is 11.8 Å². The molecule has 1 atom stereocenters. The van der Waals surface area contributed by atoms with E-state index in [-0.39, 0.29) is 11.2 Å². The molecule has 3 aromatic rings. The van der Waals surface area contributed by atoms with Crippen molar-refractivity contribution in [1.29, 1.82) is 0 Å². The van der Waals surface area contributed by atoms with Gasteiger partial charge >= 0.3 is 5.97 Å². The zero-order valence-electron chi connectivity index (χ0n) is 17.8. The highest BCUT2D eigenvalue weighted by Crippen LogP contribution is 2.43. The highest BCUT2D eigenvalue weighted by Gasteiger charge is 2.27. The predicted octanol–water partition coefficient (Wildman–Crippen LogP) is 4.00. The van der Waals surface area contributed by atoms with Crippen molar-refractivity contribution in [2.75, 3.05) is 37.8 Å². The second-order valence-electron chi connectivity index (χ2n) is 7.85. The third-order valence-electron chi connectivity index (χ3n) is 5.89. The van der Waals surface area contributed by atoms with Crippen LogP contribution in [0.5, 0.6) is 0 Å². The number of carbonyl (C=O) groups is 1. The van der Waals surface area contributed by atoms with E-state index in [1.807, 2.05) is 13.8 Å². The molecule has 1 fully saturated rings.